The lowest BCUT2D eigenvalue weighted by molar-refractivity contribution is -0.248. The molecule has 116 valence electrons. The fraction of sp³-hybridized carbons (Fsp3) is 0.500. The van der Waals surface area contributed by atoms with Gasteiger partial charge in [-0.25, -0.2) is 0 Å². The molecule has 0 amide bonds. The number of methoxy groups -OCH3 is 1. The summed E-state index contributed by atoms with van der Waals surface area (Å²) in [6.45, 7) is -0.496. The molecular formula is C14H19NO6. The second-order valence-corrected chi connectivity index (χ2v) is 4.77. The van der Waals surface area contributed by atoms with Gasteiger partial charge in [-0.3, -0.25) is 4.99 Å². The Morgan fingerprint density at radius 3 is 2.43 bits per heavy atom. The van der Waals surface area contributed by atoms with E-state index in [1.807, 2.05) is 0 Å². The molecule has 5 atom stereocenters. The molecule has 0 radical (unpaired) electrons. The summed E-state index contributed by atoms with van der Waals surface area (Å²) < 4.78 is 10.1. The number of aliphatic imine (C=N–C) groups is 1. The van der Waals surface area contributed by atoms with Crippen LogP contribution in [0.3, 0.4) is 0 Å². The lowest BCUT2D eigenvalue weighted by Crippen LogP contribution is -2.57. The second kappa shape index (κ2) is 6.97. The summed E-state index contributed by atoms with van der Waals surface area (Å²) in [5, 5.41) is 38.5. The van der Waals surface area contributed by atoms with Crippen molar-refractivity contribution in [3.8, 4) is 5.75 Å². The van der Waals surface area contributed by atoms with Crippen molar-refractivity contribution in [2.75, 3.05) is 13.7 Å². The molecule has 1 aliphatic heterocycles. The Balaban J connectivity index is 2.08. The van der Waals surface area contributed by atoms with Gasteiger partial charge in [-0.2, -0.15) is 0 Å². The van der Waals surface area contributed by atoms with Gasteiger partial charge in [-0.15, -0.1) is 0 Å². The first-order valence-electron chi connectivity index (χ1n) is 6.54. The van der Waals surface area contributed by atoms with Gasteiger partial charge in [0.05, 0.1) is 13.7 Å². The van der Waals surface area contributed by atoms with E-state index in [2.05, 4.69) is 4.99 Å². The van der Waals surface area contributed by atoms with E-state index in [0.29, 0.717) is 5.75 Å². The topological polar surface area (TPSA) is 112 Å². The van der Waals surface area contributed by atoms with Crippen molar-refractivity contribution in [2.24, 2.45) is 4.99 Å². The molecule has 0 aliphatic carbocycles. The first kappa shape index (κ1) is 15.9. The molecule has 1 aromatic rings. The number of hydrogen-bond acceptors (Lipinski definition) is 7. The Hall–Kier alpha value is -1.51. The van der Waals surface area contributed by atoms with Crippen LogP contribution in [0.5, 0.6) is 5.75 Å². The predicted molar refractivity (Wildman–Crippen MR) is 74.4 cm³/mol. The van der Waals surface area contributed by atoms with E-state index in [4.69, 9.17) is 14.6 Å². The molecule has 21 heavy (non-hydrogen) atoms. The quantitative estimate of drug-likeness (QED) is 0.526. The normalized spacial score (nSPS) is 33.3. The molecule has 1 saturated heterocycles. The highest BCUT2D eigenvalue weighted by molar-refractivity contribution is 5.79. The van der Waals surface area contributed by atoms with Crippen molar-refractivity contribution in [3.63, 3.8) is 0 Å². The molecule has 1 aromatic carbocycles. The Labute approximate surface area is 122 Å². The van der Waals surface area contributed by atoms with Gasteiger partial charge in [0.1, 0.15) is 30.1 Å². The summed E-state index contributed by atoms with van der Waals surface area (Å²) in [4.78, 5) is 4.06. The van der Waals surface area contributed by atoms with E-state index in [1.165, 1.54) is 6.21 Å². The van der Waals surface area contributed by atoms with Gasteiger partial charge in [0, 0.05) is 6.21 Å². The number of nitrogens with zero attached hydrogens (tertiary/aromatic N) is 1. The molecule has 0 unspecified atom stereocenters. The van der Waals surface area contributed by atoms with Gasteiger partial charge in [0.15, 0.2) is 6.29 Å². The van der Waals surface area contributed by atoms with Gasteiger partial charge >= 0.3 is 0 Å². The Morgan fingerprint density at radius 2 is 1.86 bits per heavy atom. The van der Waals surface area contributed by atoms with Gasteiger partial charge in [-0.05, 0) is 29.8 Å². The molecule has 0 saturated carbocycles. The third-order valence-electron chi connectivity index (χ3n) is 3.38. The SMILES string of the molecule is COc1ccc(C=N[C@H]2[C@@H](O)[C@H](O)[C@@H](CO)O[C@H]2O)cc1. The number of rotatable bonds is 4. The maximum atomic E-state index is 9.93. The summed E-state index contributed by atoms with van der Waals surface area (Å²) in [6.07, 6.45) is -3.58. The number of benzene rings is 1. The molecule has 7 heteroatoms. The highest BCUT2D eigenvalue weighted by Crippen LogP contribution is 2.22. The average molecular weight is 297 g/mol. The van der Waals surface area contributed by atoms with Crippen LogP contribution in [-0.2, 0) is 4.74 Å². The molecular weight excluding hydrogens is 278 g/mol. The van der Waals surface area contributed by atoms with Gasteiger partial charge in [-0.1, -0.05) is 0 Å². The van der Waals surface area contributed by atoms with Crippen LogP contribution in [-0.4, -0.2) is 71.0 Å². The summed E-state index contributed by atoms with van der Waals surface area (Å²) in [6, 6.07) is 6.00. The highest BCUT2D eigenvalue weighted by atomic mass is 16.6. The monoisotopic (exact) mass is 297 g/mol. The van der Waals surface area contributed by atoms with E-state index in [-0.39, 0.29) is 0 Å². The zero-order chi connectivity index (χ0) is 15.4. The fourth-order valence-electron chi connectivity index (χ4n) is 2.11. The van der Waals surface area contributed by atoms with Crippen LogP contribution in [0.1, 0.15) is 5.56 Å². The fourth-order valence-corrected chi connectivity index (χ4v) is 2.11. The van der Waals surface area contributed by atoms with E-state index in [9.17, 15) is 15.3 Å². The van der Waals surface area contributed by atoms with E-state index >= 15 is 0 Å². The van der Waals surface area contributed by atoms with Crippen LogP contribution in [0.2, 0.25) is 0 Å². The van der Waals surface area contributed by atoms with Crippen LogP contribution in [0, 0.1) is 0 Å². The van der Waals surface area contributed by atoms with Crippen LogP contribution in [0.15, 0.2) is 29.3 Å². The Bertz CT molecular complexity index is 477. The minimum Gasteiger partial charge on any atom is -0.497 e. The van der Waals surface area contributed by atoms with Crippen LogP contribution >= 0.6 is 0 Å². The van der Waals surface area contributed by atoms with E-state index in [0.717, 1.165) is 5.56 Å². The number of hydrogen-bond donors (Lipinski definition) is 4. The lowest BCUT2D eigenvalue weighted by atomic mass is 9.97. The predicted octanol–water partition coefficient (Wildman–Crippen LogP) is -1.09. The van der Waals surface area contributed by atoms with Crippen LogP contribution < -0.4 is 4.74 Å². The highest BCUT2D eigenvalue weighted by Gasteiger charge is 2.43. The van der Waals surface area contributed by atoms with Gasteiger partial charge < -0.3 is 29.9 Å². The standard InChI is InChI=1S/C14H19NO6/c1-20-9-4-2-8(3-5-9)6-15-11-13(18)12(17)10(7-16)21-14(11)19/h2-6,10-14,16-19H,7H2,1H3/t10-,11+,12-,13-,14-/m1/s1. The Kier molecular flexibility index (Phi) is 5.27. The largest absolute Gasteiger partial charge is 0.497 e. The third kappa shape index (κ3) is 3.58. The third-order valence-corrected chi connectivity index (χ3v) is 3.38. The van der Waals surface area contributed by atoms with E-state index in [1.54, 1.807) is 31.4 Å². The maximum absolute atomic E-state index is 9.93. The molecule has 1 fully saturated rings. The maximum Gasteiger partial charge on any atom is 0.180 e. The average Bonchev–Trinajstić information content (AvgIpc) is 2.51. The summed E-state index contributed by atoms with van der Waals surface area (Å²) in [5.41, 5.74) is 0.744. The zero-order valence-corrected chi connectivity index (χ0v) is 11.5. The van der Waals surface area contributed by atoms with Crippen LogP contribution in [0.25, 0.3) is 0 Å². The molecule has 7 nitrogen and oxygen atoms in total. The van der Waals surface area contributed by atoms with Crippen molar-refractivity contribution in [2.45, 2.75) is 30.6 Å². The van der Waals surface area contributed by atoms with Crippen molar-refractivity contribution in [1.82, 2.24) is 0 Å². The smallest absolute Gasteiger partial charge is 0.180 e. The Morgan fingerprint density at radius 1 is 1.19 bits per heavy atom. The van der Waals surface area contributed by atoms with Crippen molar-refractivity contribution in [3.05, 3.63) is 29.8 Å². The first-order chi connectivity index (χ1) is 10.1. The van der Waals surface area contributed by atoms with Crippen molar-refractivity contribution in [1.29, 1.82) is 0 Å². The van der Waals surface area contributed by atoms with Gasteiger partial charge in [0.2, 0.25) is 0 Å². The zero-order valence-electron chi connectivity index (χ0n) is 11.5. The van der Waals surface area contributed by atoms with Gasteiger partial charge in [0.25, 0.3) is 0 Å². The summed E-state index contributed by atoms with van der Waals surface area (Å²) >= 11 is 0. The molecule has 0 spiro atoms. The molecule has 4 N–H and O–H groups in total. The lowest BCUT2D eigenvalue weighted by Gasteiger charge is -2.38. The van der Waals surface area contributed by atoms with Crippen LogP contribution in [0.4, 0.5) is 0 Å². The minimum absolute atomic E-state index is 0.496. The van der Waals surface area contributed by atoms with Crippen molar-refractivity contribution < 1.29 is 29.9 Å². The molecule has 2 rings (SSSR count). The van der Waals surface area contributed by atoms with Crippen molar-refractivity contribution >= 4 is 6.21 Å². The number of aliphatic hydroxyl groups excluding tert-OH is 4. The summed E-state index contributed by atoms with van der Waals surface area (Å²) in [5.74, 6) is 0.703. The molecule has 1 heterocycles. The molecule has 0 aromatic heterocycles. The molecule has 1 aliphatic rings. The first-order valence-corrected chi connectivity index (χ1v) is 6.54. The second-order valence-electron chi connectivity index (χ2n) is 4.77. The molecule has 0 bridgehead atoms. The van der Waals surface area contributed by atoms with E-state index < -0.39 is 37.3 Å². The number of aliphatic hydroxyl groups is 4. The minimum atomic E-state index is -1.39. The summed E-state index contributed by atoms with van der Waals surface area (Å²) in [7, 11) is 1.56. The number of ether oxygens (including phenoxy) is 2.